The van der Waals surface area contributed by atoms with E-state index in [9.17, 15) is 4.79 Å². The summed E-state index contributed by atoms with van der Waals surface area (Å²) in [7, 11) is 1.87. The number of amides is 1. The third-order valence-corrected chi connectivity index (χ3v) is 4.48. The van der Waals surface area contributed by atoms with E-state index < -0.39 is 0 Å². The summed E-state index contributed by atoms with van der Waals surface area (Å²) in [6.07, 6.45) is 4.14. The maximum atomic E-state index is 11.5. The molecule has 3 rings (SSSR count). The van der Waals surface area contributed by atoms with E-state index in [0.717, 1.165) is 5.69 Å². The average molecular weight is 258 g/mol. The van der Waals surface area contributed by atoms with Crippen LogP contribution in [-0.2, 0) is 4.79 Å². The van der Waals surface area contributed by atoms with Crippen LogP contribution in [0.2, 0.25) is 0 Å². The lowest BCUT2D eigenvalue weighted by Gasteiger charge is -2.17. The summed E-state index contributed by atoms with van der Waals surface area (Å²) < 4.78 is 2.09. The first-order chi connectivity index (χ1) is 8.75. The van der Waals surface area contributed by atoms with Gasteiger partial charge in [0.25, 0.3) is 0 Å². The lowest BCUT2D eigenvalue weighted by atomic mass is 10.3. The van der Waals surface area contributed by atoms with Crippen molar-refractivity contribution < 1.29 is 4.79 Å². The van der Waals surface area contributed by atoms with Gasteiger partial charge in [0.1, 0.15) is 5.37 Å². The lowest BCUT2D eigenvalue weighted by molar-refractivity contribution is -0.126. The molecular formula is C14H14N2OS. The molecular weight excluding hydrogens is 244 g/mol. The normalized spacial score (nSPS) is 19.5. The molecule has 1 aromatic heterocycles. The third kappa shape index (κ3) is 1.93. The van der Waals surface area contributed by atoms with Crippen molar-refractivity contribution in [2.24, 2.45) is 0 Å². The van der Waals surface area contributed by atoms with Gasteiger partial charge in [0.2, 0.25) is 5.91 Å². The van der Waals surface area contributed by atoms with E-state index in [2.05, 4.69) is 29.0 Å². The number of rotatable bonds is 2. The van der Waals surface area contributed by atoms with Crippen LogP contribution in [-0.4, -0.2) is 28.2 Å². The Morgan fingerprint density at radius 1 is 1.22 bits per heavy atom. The van der Waals surface area contributed by atoms with Gasteiger partial charge in [0.05, 0.1) is 5.75 Å². The largest absolute Gasteiger partial charge is 0.329 e. The highest BCUT2D eigenvalue weighted by molar-refractivity contribution is 8.00. The molecule has 0 spiro atoms. The highest BCUT2D eigenvalue weighted by Crippen LogP contribution is 2.37. The summed E-state index contributed by atoms with van der Waals surface area (Å²) in [5.41, 5.74) is 2.32. The van der Waals surface area contributed by atoms with E-state index >= 15 is 0 Å². The number of carbonyl (C=O) groups is 1. The minimum atomic E-state index is 0.155. The summed E-state index contributed by atoms with van der Waals surface area (Å²) in [6.45, 7) is 0. The molecule has 1 aliphatic rings. The Balaban J connectivity index is 1.89. The van der Waals surface area contributed by atoms with Crippen molar-refractivity contribution in [2.45, 2.75) is 5.37 Å². The maximum absolute atomic E-state index is 11.5. The van der Waals surface area contributed by atoms with Crippen molar-refractivity contribution in [3.05, 3.63) is 54.4 Å². The molecule has 2 aromatic rings. The van der Waals surface area contributed by atoms with Gasteiger partial charge in [-0.1, -0.05) is 18.2 Å². The lowest BCUT2D eigenvalue weighted by Crippen LogP contribution is -2.22. The van der Waals surface area contributed by atoms with Gasteiger partial charge in [-0.05, 0) is 18.2 Å². The molecule has 1 aromatic carbocycles. The molecule has 1 aliphatic heterocycles. The van der Waals surface area contributed by atoms with E-state index in [1.54, 1.807) is 11.8 Å². The quantitative estimate of drug-likeness (QED) is 0.827. The number of benzene rings is 1. The van der Waals surface area contributed by atoms with Gasteiger partial charge in [0, 0.05) is 30.7 Å². The Morgan fingerprint density at radius 3 is 2.67 bits per heavy atom. The average Bonchev–Trinajstić information content (AvgIpc) is 3.00. The smallest absolute Gasteiger partial charge is 0.233 e. The Hall–Kier alpha value is -1.68. The summed E-state index contributed by atoms with van der Waals surface area (Å²) in [5.74, 6) is 0.787. The SMILES string of the molecule is CN1C(=O)CS[C@@H]1c1ccn(-c2ccccc2)c1. The summed E-state index contributed by atoms with van der Waals surface area (Å²) in [6, 6.07) is 12.3. The van der Waals surface area contributed by atoms with Crippen LogP contribution in [0.5, 0.6) is 0 Å². The number of hydrogen-bond donors (Lipinski definition) is 0. The van der Waals surface area contributed by atoms with E-state index in [4.69, 9.17) is 0 Å². The monoisotopic (exact) mass is 258 g/mol. The molecule has 18 heavy (non-hydrogen) atoms. The van der Waals surface area contributed by atoms with E-state index in [0.29, 0.717) is 5.75 Å². The molecule has 0 unspecified atom stereocenters. The highest BCUT2D eigenvalue weighted by Gasteiger charge is 2.30. The van der Waals surface area contributed by atoms with Crippen molar-refractivity contribution in [3.63, 3.8) is 0 Å². The first kappa shape index (κ1) is 11.4. The second-order valence-electron chi connectivity index (χ2n) is 4.36. The van der Waals surface area contributed by atoms with Crippen molar-refractivity contribution in [2.75, 3.05) is 12.8 Å². The van der Waals surface area contributed by atoms with Gasteiger partial charge in [-0.25, -0.2) is 0 Å². The fraction of sp³-hybridized carbons (Fsp3) is 0.214. The Labute approximate surface area is 110 Å². The second-order valence-corrected chi connectivity index (χ2v) is 5.42. The van der Waals surface area contributed by atoms with Crippen molar-refractivity contribution in [1.29, 1.82) is 0 Å². The molecule has 0 radical (unpaired) electrons. The molecule has 1 fully saturated rings. The number of nitrogens with zero attached hydrogens (tertiary/aromatic N) is 2. The summed E-state index contributed by atoms with van der Waals surface area (Å²) >= 11 is 1.68. The fourth-order valence-electron chi connectivity index (χ4n) is 2.13. The molecule has 0 bridgehead atoms. The Bertz CT molecular complexity index is 564. The van der Waals surface area contributed by atoms with Crippen LogP contribution in [0.3, 0.4) is 0 Å². The van der Waals surface area contributed by atoms with Crippen molar-refractivity contribution >= 4 is 17.7 Å². The molecule has 1 atom stereocenters. The molecule has 0 N–H and O–H groups in total. The number of carbonyl (C=O) groups excluding carboxylic acids is 1. The summed E-state index contributed by atoms with van der Waals surface area (Å²) in [4.78, 5) is 13.3. The van der Waals surface area contributed by atoms with Crippen molar-refractivity contribution in [1.82, 2.24) is 9.47 Å². The number of para-hydroxylation sites is 1. The zero-order valence-corrected chi connectivity index (χ0v) is 10.9. The van der Waals surface area contributed by atoms with Gasteiger partial charge < -0.3 is 9.47 Å². The molecule has 4 heteroatoms. The minimum absolute atomic E-state index is 0.155. The zero-order valence-electron chi connectivity index (χ0n) is 10.1. The molecule has 0 saturated carbocycles. The highest BCUT2D eigenvalue weighted by atomic mass is 32.2. The minimum Gasteiger partial charge on any atom is -0.329 e. The van der Waals surface area contributed by atoms with Crippen LogP contribution in [0.1, 0.15) is 10.9 Å². The van der Waals surface area contributed by atoms with Crippen LogP contribution >= 0.6 is 11.8 Å². The topological polar surface area (TPSA) is 25.2 Å². The molecule has 1 amide bonds. The first-order valence-electron chi connectivity index (χ1n) is 5.86. The van der Waals surface area contributed by atoms with Crippen LogP contribution in [0.25, 0.3) is 5.69 Å². The van der Waals surface area contributed by atoms with E-state index in [1.165, 1.54) is 5.56 Å². The van der Waals surface area contributed by atoms with Gasteiger partial charge in [-0.3, -0.25) is 4.79 Å². The molecule has 2 heterocycles. The molecule has 1 saturated heterocycles. The number of thioether (sulfide) groups is 1. The Kier molecular flexibility index (Phi) is 2.88. The van der Waals surface area contributed by atoms with Gasteiger partial charge in [0.15, 0.2) is 0 Å². The third-order valence-electron chi connectivity index (χ3n) is 3.17. The standard InChI is InChI=1S/C14H14N2OS/c1-15-13(17)10-18-14(15)11-7-8-16(9-11)12-5-3-2-4-6-12/h2-9,14H,10H2,1H3/t14-/m1/s1. The van der Waals surface area contributed by atoms with E-state index in [-0.39, 0.29) is 11.3 Å². The van der Waals surface area contributed by atoms with Crippen LogP contribution in [0, 0.1) is 0 Å². The number of hydrogen-bond acceptors (Lipinski definition) is 2. The molecule has 3 nitrogen and oxygen atoms in total. The zero-order chi connectivity index (χ0) is 12.5. The van der Waals surface area contributed by atoms with Gasteiger partial charge >= 0.3 is 0 Å². The van der Waals surface area contributed by atoms with Crippen LogP contribution in [0.4, 0.5) is 0 Å². The van der Waals surface area contributed by atoms with E-state index in [1.807, 2.05) is 36.3 Å². The predicted octanol–water partition coefficient (Wildman–Crippen LogP) is 2.68. The maximum Gasteiger partial charge on any atom is 0.233 e. The van der Waals surface area contributed by atoms with Gasteiger partial charge in [-0.15, -0.1) is 11.8 Å². The Morgan fingerprint density at radius 2 is 2.00 bits per heavy atom. The number of aromatic nitrogens is 1. The molecule has 0 aliphatic carbocycles. The first-order valence-corrected chi connectivity index (χ1v) is 6.91. The summed E-state index contributed by atoms with van der Waals surface area (Å²) in [5, 5.41) is 0.155. The van der Waals surface area contributed by atoms with Crippen LogP contribution < -0.4 is 0 Å². The fourth-order valence-corrected chi connectivity index (χ4v) is 3.31. The predicted molar refractivity (Wildman–Crippen MR) is 73.7 cm³/mol. The van der Waals surface area contributed by atoms with Crippen molar-refractivity contribution in [3.8, 4) is 5.69 Å². The molecule has 92 valence electrons. The van der Waals surface area contributed by atoms with Crippen LogP contribution in [0.15, 0.2) is 48.8 Å². The van der Waals surface area contributed by atoms with Gasteiger partial charge in [-0.2, -0.15) is 0 Å². The second kappa shape index (κ2) is 4.53.